The van der Waals surface area contributed by atoms with E-state index in [4.69, 9.17) is 10.5 Å². The van der Waals surface area contributed by atoms with Crippen LogP contribution in [0.15, 0.2) is 48.5 Å². The van der Waals surface area contributed by atoms with E-state index >= 15 is 0 Å². The van der Waals surface area contributed by atoms with Gasteiger partial charge in [-0.05, 0) is 54.5 Å². The third-order valence-electron chi connectivity index (χ3n) is 5.84. The van der Waals surface area contributed by atoms with Crippen molar-refractivity contribution < 1.29 is 14.3 Å². The van der Waals surface area contributed by atoms with Crippen LogP contribution in [0.5, 0.6) is 0 Å². The number of carbonyl (C=O) groups is 2. The lowest BCUT2D eigenvalue weighted by Crippen LogP contribution is -2.44. The Hall–Kier alpha value is -2.70. The van der Waals surface area contributed by atoms with Gasteiger partial charge in [0, 0.05) is 31.1 Å². The predicted molar refractivity (Wildman–Crippen MR) is 113 cm³/mol. The van der Waals surface area contributed by atoms with Crippen molar-refractivity contribution in [3.8, 4) is 0 Å². The number of fused-ring (bicyclic) bond motifs is 1. The molecule has 2 aliphatic rings. The average molecular weight is 393 g/mol. The Morgan fingerprint density at radius 1 is 1.10 bits per heavy atom. The van der Waals surface area contributed by atoms with Crippen molar-refractivity contribution in [1.82, 2.24) is 0 Å². The second kappa shape index (κ2) is 8.76. The Kier molecular flexibility index (Phi) is 5.92. The topological polar surface area (TPSA) is 84.7 Å². The van der Waals surface area contributed by atoms with E-state index in [0.717, 1.165) is 37.1 Å². The molecule has 0 radical (unpaired) electrons. The van der Waals surface area contributed by atoms with Gasteiger partial charge in [-0.1, -0.05) is 30.3 Å². The minimum Gasteiger partial charge on any atom is -0.381 e. The lowest BCUT2D eigenvalue weighted by Gasteiger charge is -2.26. The molecule has 2 aromatic carbocycles. The van der Waals surface area contributed by atoms with Crippen molar-refractivity contribution in [1.29, 1.82) is 0 Å². The van der Waals surface area contributed by atoms with Gasteiger partial charge in [0.25, 0.3) is 0 Å². The maximum atomic E-state index is 12.7. The summed E-state index contributed by atoms with van der Waals surface area (Å²) in [6.45, 7) is 2.06. The van der Waals surface area contributed by atoms with Crippen LogP contribution in [0.4, 0.5) is 11.4 Å². The maximum Gasteiger partial charge on any atom is 0.241 e. The highest BCUT2D eigenvalue weighted by Crippen LogP contribution is 2.28. The van der Waals surface area contributed by atoms with E-state index in [2.05, 4.69) is 11.4 Å². The number of nitrogens with zero attached hydrogens (tertiary/aromatic N) is 1. The number of benzene rings is 2. The third kappa shape index (κ3) is 4.49. The van der Waals surface area contributed by atoms with E-state index in [-0.39, 0.29) is 17.7 Å². The first-order valence-electron chi connectivity index (χ1n) is 10.2. The third-order valence-corrected chi connectivity index (χ3v) is 5.84. The van der Waals surface area contributed by atoms with E-state index in [1.165, 1.54) is 5.56 Å². The molecule has 0 aromatic heterocycles. The quantitative estimate of drug-likeness (QED) is 0.817. The van der Waals surface area contributed by atoms with Gasteiger partial charge in [-0.3, -0.25) is 9.59 Å². The summed E-state index contributed by atoms with van der Waals surface area (Å²) in [4.78, 5) is 27.0. The highest BCUT2D eigenvalue weighted by Gasteiger charge is 2.27. The minimum absolute atomic E-state index is 0.0910. The lowest BCUT2D eigenvalue weighted by molar-refractivity contribution is -0.119. The highest BCUT2D eigenvalue weighted by atomic mass is 16.5. The monoisotopic (exact) mass is 393 g/mol. The number of nitrogens with two attached hydrogens (primary N) is 1. The van der Waals surface area contributed by atoms with E-state index in [0.29, 0.717) is 25.3 Å². The zero-order valence-corrected chi connectivity index (χ0v) is 16.5. The van der Waals surface area contributed by atoms with Gasteiger partial charge in [-0.2, -0.15) is 0 Å². The molecular weight excluding hydrogens is 366 g/mol. The largest absolute Gasteiger partial charge is 0.381 e. The van der Waals surface area contributed by atoms with Gasteiger partial charge in [0.15, 0.2) is 0 Å². The summed E-state index contributed by atoms with van der Waals surface area (Å²) < 4.78 is 5.33. The van der Waals surface area contributed by atoms with E-state index in [1.54, 1.807) is 0 Å². The second-order valence-electron chi connectivity index (χ2n) is 7.76. The Morgan fingerprint density at radius 2 is 1.83 bits per heavy atom. The molecule has 0 saturated carbocycles. The normalized spacial score (nSPS) is 17.6. The summed E-state index contributed by atoms with van der Waals surface area (Å²) in [6.07, 6.45) is 2.87. The number of hydrogen-bond acceptors (Lipinski definition) is 4. The van der Waals surface area contributed by atoms with Crippen LogP contribution in [-0.2, 0) is 27.2 Å². The van der Waals surface area contributed by atoms with Gasteiger partial charge in [-0.25, -0.2) is 0 Å². The molecule has 2 heterocycles. The molecule has 2 amide bonds. The predicted octanol–water partition coefficient (Wildman–Crippen LogP) is 2.51. The molecule has 0 spiro atoms. The molecule has 29 heavy (non-hydrogen) atoms. The summed E-state index contributed by atoms with van der Waals surface area (Å²) in [5.41, 5.74) is 9.98. The van der Waals surface area contributed by atoms with Crippen molar-refractivity contribution in [2.24, 2.45) is 11.7 Å². The molecular formula is C23H27N3O3. The lowest BCUT2D eigenvalue weighted by atomic mass is 9.92. The average Bonchev–Trinajstić information content (AvgIpc) is 3.19. The second-order valence-corrected chi connectivity index (χ2v) is 7.76. The van der Waals surface area contributed by atoms with Crippen molar-refractivity contribution >= 4 is 23.2 Å². The fourth-order valence-corrected chi connectivity index (χ4v) is 4.09. The van der Waals surface area contributed by atoms with Crippen molar-refractivity contribution in [3.63, 3.8) is 0 Å². The van der Waals surface area contributed by atoms with Crippen molar-refractivity contribution in [2.75, 3.05) is 30.0 Å². The number of para-hydroxylation sites is 1. The van der Waals surface area contributed by atoms with Crippen LogP contribution in [0.2, 0.25) is 0 Å². The zero-order valence-electron chi connectivity index (χ0n) is 16.5. The molecule has 1 fully saturated rings. The molecule has 1 saturated heterocycles. The highest BCUT2D eigenvalue weighted by molar-refractivity contribution is 5.97. The molecule has 6 heteroatoms. The minimum atomic E-state index is -0.532. The van der Waals surface area contributed by atoms with Crippen LogP contribution in [0, 0.1) is 5.92 Å². The van der Waals surface area contributed by atoms with Crippen LogP contribution >= 0.6 is 0 Å². The van der Waals surface area contributed by atoms with Gasteiger partial charge < -0.3 is 20.7 Å². The summed E-state index contributed by atoms with van der Waals surface area (Å²) >= 11 is 0. The number of rotatable bonds is 5. The van der Waals surface area contributed by atoms with Crippen molar-refractivity contribution in [3.05, 3.63) is 59.7 Å². The van der Waals surface area contributed by atoms with Crippen LogP contribution < -0.4 is 16.0 Å². The number of hydrogen-bond donors (Lipinski definition) is 2. The Labute approximate surface area is 171 Å². The van der Waals surface area contributed by atoms with Crippen LogP contribution in [0.3, 0.4) is 0 Å². The molecule has 2 aliphatic heterocycles. The Bertz CT molecular complexity index is 875. The van der Waals surface area contributed by atoms with Gasteiger partial charge in [0.05, 0.1) is 12.5 Å². The maximum absolute atomic E-state index is 12.7. The molecule has 1 unspecified atom stereocenters. The van der Waals surface area contributed by atoms with Gasteiger partial charge in [-0.15, -0.1) is 0 Å². The zero-order chi connectivity index (χ0) is 20.2. The molecule has 0 aliphatic carbocycles. The first kappa shape index (κ1) is 19.6. The number of nitrogens with one attached hydrogen (secondary N) is 1. The smallest absolute Gasteiger partial charge is 0.241 e. The summed E-state index contributed by atoms with van der Waals surface area (Å²) in [5.74, 6) is 0.0756. The van der Waals surface area contributed by atoms with Crippen LogP contribution in [0.1, 0.15) is 24.0 Å². The molecule has 1 atom stereocenters. The number of carbonyl (C=O) groups excluding carboxylic acids is 2. The molecule has 152 valence electrons. The SMILES string of the molecule is NC(C(=O)Nc1ccc(CC(=O)N2CCc3ccccc32)cc1)C1CCOCC1. The number of amides is 2. The number of anilines is 2. The molecule has 4 rings (SSSR count). The first-order valence-corrected chi connectivity index (χ1v) is 10.2. The summed E-state index contributed by atoms with van der Waals surface area (Å²) in [7, 11) is 0. The fourth-order valence-electron chi connectivity index (χ4n) is 4.09. The van der Waals surface area contributed by atoms with Crippen molar-refractivity contribution in [2.45, 2.75) is 31.7 Å². The van der Waals surface area contributed by atoms with E-state index in [1.807, 2.05) is 47.4 Å². The summed E-state index contributed by atoms with van der Waals surface area (Å²) in [5, 5.41) is 2.89. The van der Waals surface area contributed by atoms with Crippen LogP contribution in [-0.4, -0.2) is 37.6 Å². The van der Waals surface area contributed by atoms with Crippen LogP contribution in [0.25, 0.3) is 0 Å². The van der Waals surface area contributed by atoms with E-state index in [9.17, 15) is 9.59 Å². The Balaban J connectivity index is 1.33. The Morgan fingerprint density at radius 3 is 2.59 bits per heavy atom. The number of ether oxygens (including phenoxy) is 1. The van der Waals surface area contributed by atoms with Gasteiger partial charge >= 0.3 is 0 Å². The van der Waals surface area contributed by atoms with Gasteiger partial charge in [0.2, 0.25) is 11.8 Å². The molecule has 3 N–H and O–H groups in total. The van der Waals surface area contributed by atoms with Gasteiger partial charge in [0.1, 0.15) is 0 Å². The first-order chi connectivity index (χ1) is 14.1. The molecule has 6 nitrogen and oxygen atoms in total. The fraction of sp³-hybridized carbons (Fsp3) is 0.391. The van der Waals surface area contributed by atoms with E-state index < -0.39 is 6.04 Å². The molecule has 0 bridgehead atoms. The molecule has 2 aromatic rings. The standard InChI is InChI=1S/C23H27N3O3/c24-22(18-10-13-29-14-11-18)23(28)25-19-7-5-16(6-8-19)15-21(27)26-12-9-17-3-1-2-4-20(17)26/h1-8,18,22H,9-15,24H2,(H,25,28). The summed E-state index contributed by atoms with van der Waals surface area (Å²) in [6, 6.07) is 14.9.